The minimum absolute atomic E-state index is 0.380. The molecule has 0 bridgehead atoms. The van der Waals surface area contributed by atoms with E-state index in [0.717, 1.165) is 16.7 Å². The Bertz CT molecular complexity index is 511. The third kappa shape index (κ3) is 6.90. The van der Waals surface area contributed by atoms with E-state index in [4.69, 9.17) is 0 Å². The molecule has 0 radical (unpaired) electrons. The molecule has 0 N–H and O–H groups in total. The molecular weight excluding hydrogens is 270 g/mol. The van der Waals surface area contributed by atoms with Crippen molar-refractivity contribution in [2.45, 2.75) is 19.3 Å². The van der Waals surface area contributed by atoms with Gasteiger partial charge in [0.1, 0.15) is 0 Å². The van der Waals surface area contributed by atoms with Gasteiger partial charge in [0.25, 0.3) is 0 Å². The zero-order valence-corrected chi connectivity index (χ0v) is 11.5. The van der Waals surface area contributed by atoms with Gasteiger partial charge in [-0.25, -0.2) is 29.4 Å². The first-order valence-corrected chi connectivity index (χ1v) is 6.52. The van der Waals surface area contributed by atoms with Crippen molar-refractivity contribution >= 4 is 18.2 Å². The van der Waals surface area contributed by atoms with Crippen molar-refractivity contribution in [1.82, 2.24) is 0 Å². The summed E-state index contributed by atoms with van der Waals surface area (Å²) < 4.78 is 0. The number of isocyanates is 3. The third-order valence-electron chi connectivity index (χ3n) is 2.84. The first-order chi connectivity index (χ1) is 10.3. The van der Waals surface area contributed by atoms with E-state index in [-0.39, 0.29) is 0 Å². The second-order valence-corrected chi connectivity index (χ2v) is 4.33. The molecule has 0 aliphatic heterocycles. The van der Waals surface area contributed by atoms with E-state index in [1.54, 1.807) is 0 Å². The van der Waals surface area contributed by atoms with Crippen molar-refractivity contribution < 1.29 is 14.4 Å². The van der Waals surface area contributed by atoms with Crippen LogP contribution < -0.4 is 0 Å². The van der Waals surface area contributed by atoms with Crippen LogP contribution in [0.3, 0.4) is 0 Å². The van der Waals surface area contributed by atoms with Gasteiger partial charge in [-0.3, -0.25) is 0 Å². The van der Waals surface area contributed by atoms with Crippen LogP contribution in [-0.4, -0.2) is 37.9 Å². The predicted octanol–water partition coefficient (Wildman–Crippen LogP) is 1.32. The van der Waals surface area contributed by atoms with Crippen LogP contribution in [0.5, 0.6) is 0 Å². The number of rotatable bonds is 9. The van der Waals surface area contributed by atoms with Crippen LogP contribution in [0.2, 0.25) is 0 Å². The van der Waals surface area contributed by atoms with Gasteiger partial charge < -0.3 is 0 Å². The van der Waals surface area contributed by atoms with E-state index >= 15 is 0 Å². The van der Waals surface area contributed by atoms with E-state index in [1.807, 2.05) is 18.2 Å². The minimum atomic E-state index is 0.380. The van der Waals surface area contributed by atoms with Crippen molar-refractivity contribution in [2.24, 2.45) is 15.0 Å². The third-order valence-corrected chi connectivity index (χ3v) is 2.84. The second-order valence-electron chi connectivity index (χ2n) is 4.33. The molecule has 0 aliphatic rings. The van der Waals surface area contributed by atoms with Gasteiger partial charge in [-0.15, -0.1) is 0 Å². The Kier molecular flexibility index (Phi) is 7.96. The van der Waals surface area contributed by atoms with Crippen LogP contribution in [-0.2, 0) is 33.6 Å². The average Bonchev–Trinajstić information content (AvgIpc) is 2.48. The largest absolute Gasteiger partial charge is 0.234 e. The normalized spacial score (nSPS) is 9.14. The van der Waals surface area contributed by atoms with Gasteiger partial charge in [-0.2, -0.15) is 0 Å². The summed E-state index contributed by atoms with van der Waals surface area (Å²) >= 11 is 0. The van der Waals surface area contributed by atoms with Crippen LogP contribution in [0, 0.1) is 0 Å². The second kappa shape index (κ2) is 10.2. The Balaban J connectivity index is 2.85. The molecule has 1 aromatic carbocycles. The molecule has 0 atom stereocenters. The van der Waals surface area contributed by atoms with Crippen LogP contribution in [0.4, 0.5) is 0 Å². The monoisotopic (exact) mass is 285 g/mol. The molecule has 0 aromatic heterocycles. The van der Waals surface area contributed by atoms with Crippen molar-refractivity contribution in [2.75, 3.05) is 19.6 Å². The highest BCUT2D eigenvalue weighted by atomic mass is 16.1. The standard InChI is InChI=1S/C15H15N3O3/c19-10-16-4-1-13-7-14(2-5-17-11-20)9-15(8-13)3-6-18-12-21/h7-9H,1-6H2. The summed E-state index contributed by atoms with van der Waals surface area (Å²) in [6.45, 7) is 1.14. The molecule has 21 heavy (non-hydrogen) atoms. The fourth-order valence-corrected chi connectivity index (χ4v) is 1.96. The molecule has 0 saturated heterocycles. The fraction of sp³-hybridized carbons (Fsp3) is 0.400. The van der Waals surface area contributed by atoms with Gasteiger partial charge in [0.05, 0.1) is 19.6 Å². The summed E-state index contributed by atoms with van der Waals surface area (Å²) in [5.74, 6) is 0. The number of carbonyl (C=O) groups excluding carboxylic acids is 3. The van der Waals surface area contributed by atoms with Gasteiger partial charge in [0, 0.05) is 0 Å². The molecule has 0 saturated carbocycles. The van der Waals surface area contributed by atoms with Gasteiger partial charge in [-0.05, 0) is 36.0 Å². The van der Waals surface area contributed by atoms with Crippen molar-refractivity contribution in [3.05, 3.63) is 34.9 Å². The molecule has 0 amide bonds. The Labute approximate surface area is 122 Å². The predicted molar refractivity (Wildman–Crippen MR) is 76.5 cm³/mol. The summed E-state index contributed by atoms with van der Waals surface area (Å²) in [7, 11) is 0. The highest BCUT2D eigenvalue weighted by Crippen LogP contribution is 2.13. The smallest absolute Gasteiger partial charge is 0.211 e. The number of nitrogens with zero attached hydrogens (tertiary/aromatic N) is 3. The lowest BCUT2D eigenvalue weighted by atomic mass is 10.00. The minimum Gasteiger partial charge on any atom is -0.211 e. The molecule has 1 rings (SSSR count). The quantitative estimate of drug-likeness (QED) is 0.506. The first kappa shape index (κ1) is 16.4. The summed E-state index contributed by atoms with van der Waals surface area (Å²) in [6, 6.07) is 5.98. The van der Waals surface area contributed by atoms with Gasteiger partial charge in [0.2, 0.25) is 18.2 Å². The molecule has 6 heteroatoms. The van der Waals surface area contributed by atoms with Crippen molar-refractivity contribution in [1.29, 1.82) is 0 Å². The SMILES string of the molecule is O=C=NCCc1cc(CCN=C=O)cc(CCN=C=O)c1. The van der Waals surface area contributed by atoms with Crippen molar-refractivity contribution in [3.8, 4) is 0 Å². The molecule has 0 aliphatic carbocycles. The van der Waals surface area contributed by atoms with Crippen LogP contribution in [0.25, 0.3) is 0 Å². The van der Waals surface area contributed by atoms with Gasteiger partial charge in [-0.1, -0.05) is 18.2 Å². The number of benzene rings is 1. The number of hydrogen-bond acceptors (Lipinski definition) is 6. The van der Waals surface area contributed by atoms with E-state index in [1.165, 1.54) is 18.2 Å². The zero-order chi connectivity index (χ0) is 15.3. The topological polar surface area (TPSA) is 88.3 Å². The fourth-order valence-electron chi connectivity index (χ4n) is 1.96. The summed E-state index contributed by atoms with van der Waals surface area (Å²) in [5.41, 5.74) is 3.10. The molecular formula is C15H15N3O3. The average molecular weight is 285 g/mol. The summed E-state index contributed by atoms with van der Waals surface area (Å²) in [5, 5.41) is 0. The van der Waals surface area contributed by atoms with Gasteiger partial charge >= 0.3 is 0 Å². The Morgan fingerprint density at radius 2 is 0.905 bits per heavy atom. The zero-order valence-electron chi connectivity index (χ0n) is 11.5. The maximum absolute atomic E-state index is 10.1. The van der Waals surface area contributed by atoms with Crippen molar-refractivity contribution in [3.63, 3.8) is 0 Å². The Morgan fingerprint density at radius 3 is 1.14 bits per heavy atom. The molecule has 108 valence electrons. The molecule has 0 heterocycles. The maximum atomic E-state index is 10.1. The highest BCUT2D eigenvalue weighted by molar-refractivity contribution is 5.36. The molecule has 1 aromatic rings. The van der Waals surface area contributed by atoms with Crippen LogP contribution in [0.1, 0.15) is 16.7 Å². The summed E-state index contributed by atoms with van der Waals surface area (Å²) in [4.78, 5) is 40.9. The van der Waals surface area contributed by atoms with Gasteiger partial charge in [0.15, 0.2) is 0 Å². The van der Waals surface area contributed by atoms with E-state index in [0.29, 0.717) is 38.9 Å². The summed E-state index contributed by atoms with van der Waals surface area (Å²) in [6.07, 6.45) is 6.42. The molecule has 0 fully saturated rings. The Morgan fingerprint density at radius 1 is 0.619 bits per heavy atom. The van der Waals surface area contributed by atoms with E-state index in [2.05, 4.69) is 15.0 Å². The Hall–Kier alpha value is -2.64. The molecule has 0 spiro atoms. The lowest BCUT2D eigenvalue weighted by Gasteiger charge is -2.07. The lowest BCUT2D eigenvalue weighted by molar-refractivity contribution is 0.562. The number of aliphatic imine (C=N–C) groups is 3. The molecule has 6 nitrogen and oxygen atoms in total. The first-order valence-electron chi connectivity index (χ1n) is 6.52. The molecule has 0 unspecified atom stereocenters. The maximum Gasteiger partial charge on any atom is 0.234 e. The highest BCUT2D eigenvalue weighted by Gasteiger charge is 2.02. The van der Waals surface area contributed by atoms with Crippen LogP contribution >= 0.6 is 0 Å². The lowest BCUT2D eigenvalue weighted by Crippen LogP contribution is -1.99. The number of hydrogen-bond donors (Lipinski definition) is 0. The van der Waals surface area contributed by atoms with E-state index < -0.39 is 0 Å². The van der Waals surface area contributed by atoms with E-state index in [9.17, 15) is 14.4 Å². The van der Waals surface area contributed by atoms with Crippen LogP contribution in [0.15, 0.2) is 33.2 Å².